The molecule has 4 heteroatoms. The second-order valence-electron chi connectivity index (χ2n) is 7.12. The van der Waals surface area contributed by atoms with Crippen molar-refractivity contribution in [1.29, 1.82) is 0 Å². The van der Waals surface area contributed by atoms with Crippen LogP contribution in [-0.4, -0.2) is 13.5 Å². The summed E-state index contributed by atoms with van der Waals surface area (Å²) in [6.45, 7) is 4.00. The lowest BCUT2D eigenvalue weighted by molar-refractivity contribution is -0.110. The Labute approximate surface area is 171 Å². The van der Waals surface area contributed by atoms with Crippen molar-refractivity contribution in [2.45, 2.75) is 38.6 Å². The van der Waals surface area contributed by atoms with Crippen LogP contribution in [0.3, 0.4) is 0 Å². The predicted molar refractivity (Wildman–Crippen MR) is 117 cm³/mol. The van der Waals surface area contributed by atoms with Crippen molar-refractivity contribution >= 4 is 17.7 Å². The molecule has 0 unspecified atom stereocenters. The molecule has 1 N–H and O–H groups in total. The zero-order valence-electron chi connectivity index (χ0n) is 16.6. The van der Waals surface area contributed by atoms with Crippen LogP contribution in [0.1, 0.15) is 47.7 Å². The third kappa shape index (κ3) is 5.23. The van der Waals surface area contributed by atoms with E-state index in [2.05, 4.69) is 54.0 Å². The number of hydrogen-bond acceptors (Lipinski definition) is 3. The molecular formula is C24H27NO2S. The smallest absolute Gasteiger partial charge is 0.207 e. The lowest BCUT2D eigenvalue weighted by Gasteiger charge is -2.16. The minimum absolute atomic E-state index is 0.0745. The van der Waals surface area contributed by atoms with E-state index >= 15 is 0 Å². The number of carbonyl (C=O) groups is 1. The van der Waals surface area contributed by atoms with Crippen LogP contribution < -0.4 is 10.1 Å². The van der Waals surface area contributed by atoms with E-state index in [4.69, 9.17) is 4.74 Å². The molecule has 1 aromatic heterocycles. The van der Waals surface area contributed by atoms with Gasteiger partial charge in [0, 0.05) is 10.4 Å². The van der Waals surface area contributed by atoms with Gasteiger partial charge >= 0.3 is 0 Å². The summed E-state index contributed by atoms with van der Waals surface area (Å²) in [6.07, 6.45) is 3.57. The molecule has 3 aromatic rings. The molecule has 1 fully saturated rings. The average Bonchev–Trinajstić information content (AvgIpc) is 3.43. The lowest BCUT2D eigenvalue weighted by Crippen LogP contribution is -2.16. The molecule has 1 saturated carbocycles. The first-order valence-electron chi connectivity index (χ1n) is 9.60. The van der Waals surface area contributed by atoms with E-state index in [1.165, 1.54) is 18.4 Å². The Hall–Kier alpha value is -2.59. The molecule has 0 radical (unpaired) electrons. The standard InChI is InChI=1S/C17H19NO2.C7H8S/c1-12-4-6-14(7-5-12)15-8-9-16(13(2)18-11-19)17(10-15)20-3;1-2-7(8-5-1)6-3-4-6/h4-11,13H,1-3H3,(H,18,19);1-2,5-6H,3-4H2/t13-;/m0./s1. The number of methoxy groups -OCH3 is 1. The van der Waals surface area contributed by atoms with Crippen LogP contribution in [0.5, 0.6) is 5.75 Å². The van der Waals surface area contributed by atoms with E-state index < -0.39 is 0 Å². The van der Waals surface area contributed by atoms with Gasteiger partial charge in [-0.2, -0.15) is 0 Å². The van der Waals surface area contributed by atoms with Crippen molar-refractivity contribution in [3.8, 4) is 16.9 Å². The second kappa shape index (κ2) is 9.56. The fourth-order valence-corrected chi connectivity index (χ4v) is 3.98. The van der Waals surface area contributed by atoms with E-state index in [-0.39, 0.29) is 6.04 Å². The number of benzene rings is 2. The minimum atomic E-state index is -0.0745. The summed E-state index contributed by atoms with van der Waals surface area (Å²) < 4.78 is 5.44. The molecule has 0 spiro atoms. The first kappa shape index (κ1) is 20.2. The Morgan fingerprint density at radius 1 is 1.11 bits per heavy atom. The molecule has 1 aliphatic carbocycles. The van der Waals surface area contributed by atoms with Crippen LogP contribution in [0, 0.1) is 6.92 Å². The van der Waals surface area contributed by atoms with Gasteiger partial charge in [0.25, 0.3) is 0 Å². The molecular weight excluding hydrogens is 366 g/mol. The van der Waals surface area contributed by atoms with E-state index in [1.807, 2.05) is 36.5 Å². The third-order valence-electron chi connectivity index (χ3n) is 4.93. The number of ether oxygens (including phenoxy) is 1. The number of thiophene rings is 1. The predicted octanol–water partition coefficient (Wildman–Crippen LogP) is 6.10. The monoisotopic (exact) mass is 393 g/mol. The summed E-state index contributed by atoms with van der Waals surface area (Å²) in [7, 11) is 1.64. The Morgan fingerprint density at radius 3 is 2.39 bits per heavy atom. The number of rotatable bonds is 6. The molecule has 146 valence electrons. The maximum absolute atomic E-state index is 10.6. The van der Waals surface area contributed by atoms with Crippen LogP contribution >= 0.6 is 11.3 Å². The quantitative estimate of drug-likeness (QED) is 0.514. The molecule has 1 amide bonds. The van der Waals surface area contributed by atoms with E-state index in [9.17, 15) is 4.79 Å². The van der Waals surface area contributed by atoms with Gasteiger partial charge in [0.05, 0.1) is 13.2 Å². The molecule has 0 saturated heterocycles. The van der Waals surface area contributed by atoms with E-state index in [1.54, 1.807) is 12.0 Å². The van der Waals surface area contributed by atoms with Crippen LogP contribution in [0.2, 0.25) is 0 Å². The lowest BCUT2D eigenvalue weighted by atomic mass is 9.99. The normalized spacial score (nSPS) is 13.8. The van der Waals surface area contributed by atoms with Gasteiger partial charge in [0.2, 0.25) is 6.41 Å². The van der Waals surface area contributed by atoms with Crippen molar-refractivity contribution in [2.24, 2.45) is 0 Å². The Kier molecular flexibility index (Phi) is 6.88. The highest BCUT2D eigenvalue weighted by Crippen LogP contribution is 2.42. The van der Waals surface area contributed by atoms with E-state index in [0.717, 1.165) is 28.4 Å². The van der Waals surface area contributed by atoms with Gasteiger partial charge in [-0.25, -0.2) is 0 Å². The number of nitrogens with one attached hydrogen (secondary N) is 1. The van der Waals surface area contributed by atoms with Crippen LogP contribution in [0.4, 0.5) is 0 Å². The van der Waals surface area contributed by atoms with Gasteiger partial charge in [0.15, 0.2) is 0 Å². The fourth-order valence-electron chi connectivity index (χ4n) is 3.08. The van der Waals surface area contributed by atoms with Crippen molar-refractivity contribution in [2.75, 3.05) is 7.11 Å². The van der Waals surface area contributed by atoms with Gasteiger partial charge in [-0.15, -0.1) is 11.3 Å². The molecule has 28 heavy (non-hydrogen) atoms. The molecule has 0 aliphatic heterocycles. The maximum Gasteiger partial charge on any atom is 0.207 e. The van der Waals surface area contributed by atoms with Crippen molar-refractivity contribution in [3.63, 3.8) is 0 Å². The number of hydrogen-bond donors (Lipinski definition) is 1. The largest absolute Gasteiger partial charge is 0.496 e. The fraction of sp³-hybridized carbons (Fsp3) is 0.292. The number of carbonyl (C=O) groups excluding carboxylic acids is 1. The summed E-state index contributed by atoms with van der Waals surface area (Å²) in [5, 5.41) is 4.90. The Morgan fingerprint density at radius 2 is 1.82 bits per heavy atom. The molecule has 4 rings (SSSR count). The maximum atomic E-state index is 10.6. The first-order chi connectivity index (χ1) is 13.6. The van der Waals surface area contributed by atoms with Crippen molar-refractivity contribution < 1.29 is 9.53 Å². The summed E-state index contributed by atoms with van der Waals surface area (Å²) in [4.78, 5) is 12.1. The topological polar surface area (TPSA) is 38.3 Å². The molecule has 3 nitrogen and oxygen atoms in total. The van der Waals surface area contributed by atoms with Gasteiger partial charge in [-0.3, -0.25) is 4.79 Å². The third-order valence-corrected chi connectivity index (χ3v) is 5.96. The SMILES string of the molecule is COc1cc(-c2ccc(C)cc2)ccc1[C@H](C)NC=O.c1csc(C2CC2)c1. The average molecular weight is 394 g/mol. The van der Waals surface area contributed by atoms with Crippen molar-refractivity contribution in [3.05, 3.63) is 76.0 Å². The molecule has 1 heterocycles. The first-order valence-corrected chi connectivity index (χ1v) is 10.5. The van der Waals surface area contributed by atoms with Gasteiger partial charge in [-0.1, -0.05) is 48.0 Å². The van der Waals surface area contributed by atoms with Crippen molar-refractivity contribution in [1.82, 2.24) is 5.32 Å². The zero-order chi connectivity index (χ0) is 19.9. The molecule has 2 aromatic carbocycles. The van der Waals surface area contributed by atoms with Gasteiger partial charge in [-0.05, 0) is 61.2 Å². The minimum Gasteiger partial charge on any atom is -0.496 e. The van der Waals surface area contributed by atoms with Crippen LogP contribution in [0.25, 0.3) is 11.1 Å². The Bertz CT molecular complexity index is 883. The summed E-state index contributed by atoms with van der Waals surface area (Å²) >= 11 is 1.89. The number of aryl methyl sites for hydroxylation is 1. The summed E-state index contributed by atoms with van der Waals surface area (Å²) in [5.74, 6) is 1.74. The van der Waals surface area contributed by atoms with Gasteiger partial charge in [0.1, 0.15) is 5.75 Å². The van der Waals surface area contributed by atoms with E-state index in [0.29, 0.717) is 6.41 Å². The highest BCUT2D eigenvalue weighted by atomic mass is 32.1. The highest BCUT2D eigenvalue weighted by molar-refractivity contribution is 7.10. The summed E-state index contributed by atoms with van der Waals surface area (Å²) in [6, 6.07) is 18.7. The van der Waals surface area contributed by atoms with Gasteiger partial charge < -0.3 is 10.1 Å². The zero-order valence-corrected chi connectivity index (χ0v) is 17.5. The highest BCUT2D eigenvalue weighted by Gasteiger charge is 2.23. The Balaban J connectivity index is 0.000000231. The molecule has 1 aliphatic rings. The molecule has 0 bridgehead atoms. The molecule has 1 atom stereocenters. The van der Waals surface area contributed by atoms with Crippen LogP contribution in [-0.2, 0) is 4.79 Å². The second-order valence-corrected chi connectivity index (χ2v) is 8.10. The summed E-state index contributed by atoms with van der Waals surface area (Å²) in [5.41, 5.74) is 4.46. The van der Waals surface area contributed by atoms with Crippen LogP contribution in [0.15, 0.2) is 60.0 Å². The number of amides is 1.